The van der Waals surface area contributed by atoms with Gasteiger partial charge < -0.3 is 0 Å². The van der Waals surface area contributed by atoms with Gasteiger partial charge >= 0.3 is 0 Å². The summed E-state index contributed by atoms with van der Waals surface area (Å²) in [5.41, 5.74) is 5.57. The molecule has 0 aromatic heterocycles. The van der Waals surface area contributed by atoms with Crippen molar-refractivity contribution in [3.8, 4) is 0 Å². The lowest BCUT2D eigenvalue weighted by Crippen LogP contribution is -2.51. The first-order valence-corrected chi connectivity index (χ1v) is 12.8. The molecule has 2 atom stereocenters. The summed E-state index contributed by atoms with van der Waals surface area (Å²) in [6.07, 6.45) is 3.04. The normalized spacial score (nSPS) is 13.2. The molecule has 0 heterocycles. The van der Waals surface area contributed by atoms with Gasteiger partial charge in [-0.3, -0.25) is 20.2 Å². The Hall–Kier alpha value is -2.91. The minimum absolute atomic E-state index is 0.0623. The van der Waals surface area contributed by atoms with Gasteiger partial charge in [-0.15, -0.1) is 0 Å². The molecule has 0 saturated carbocycles. The van der Waals surface area contributed by atoms with Crippen LogP contribution in [0.5, 0.6) is 0 Å². The summed E-state index contributed by atoms with van der Waals surface area (Å²) < 4.78 is 25.6. The van der Waals surface area contributed by atoms with E-state index in [2.05, 4.69) is 5.43 Å². The van der Waals surface area contributed by atoms with E-state index in [1.807, 2.05) is 44.2 Å². The third-order valence-electron chi connectivity index (χ3n) is 5.35. The van der Waals surface area contributed by atoms with E-state index in [0.717, 1.165) is 16.2 Å². The summed E-state index contributed by atoms with van der Waals surface area (Å²) in [6, 6.07) is 18.0. The zero-order valence-corrected chi connectivity index (χ0v) is 20.1. The lowest BCUT2D eigenvalue weighted by molar-refractivity contribution is -0.141. The van der Waals surface area contributed by atoms with E-state index in [-0.39, 0.29) is 11.6 Å². The Balaban J connectivity index is 2.26. The van der Waals surface area contributed by atoms with E-state index in [4.69, 9.17) is 0 Å². The van der Waals surface area contributed by atoms with Crippen LogP contribution in [0.25, 0.3) is 0 Å². The van der Waals surface area contributed by atoms with E-state index in [9.17, 15) is 23.2 Å². The number of amides is 2. The molecule has 9 heteroatoms. The van der Waals surface area contributed by atoms with Gasteiger partial charge in [-0.2, -0.15) is 4.41 Å². The first-order valence-electron chi connectivity index (χ1n) is 11.0. The van der Waals surface area contributed by atoms with Crippen molar-refractivity contribution >= 4 is 27.5 Å². The lowest BCUT2D eigenvalue weighted by Gasteiger charge is -2.30. The van der Waals surface area contributed by atoms with Gasteiger partial charge in [-0.25, -0.2) is 13.9 Å². The van der Waals surface area contributed by atoms with Crippen molar-refractivity contribution in [1.29, 1.82) is 0 Å². The van der Waals surface area contributed by atoms with Crippen LogP contribution in [0.1, 0.15) is 38.7 Å². The van der Waals surface area contributed by atoms with Crippen molar-refractivity contribution in [3.63, 3.8) is 0 Å². The lowest BCUT2D eigenvalue weighted by atomic mass is 9.81. The number of sulfonamides is 1. The van der Waals surface area contributed by atoms with Crippen LogP contribution in [0.3, 0.4) is 0 Å². The molecular weight excluding hydrogens is 442 g/mol. The third-order valence-corrected chi connectivity index (χ3v) is 6.32. The Bertz CT molecular complexity index is 997. The highest BCUT2D eigenvalue weighted by Crippen LogP contribution is 2.27. The van der Waals surface area contributed by atoms with Gasteiger partial charge in [0.1, 0.15) is 0 Å². The van der Waals surface area contributed by atoms with Gasteiger partial charge in [0.25, 0.3) is 0 Å². The van der Waals surface area contributed by atoms with Crippen LogP contribution in [0.15, 0.2) is 60.7 Å². The predicted octanol–water partition coefficient (Wildman–Crippen LogP) is 3.29. The highest BCUT2D eigenvalue weighted by Gasteiger charge is 2.35. The van der Waals surface area contributed by atoms with E-state index in [1.54, 1.807) is 35.8 Å². The smallest absolute Gasteiger partial charge is 0.249 e. The number of anilines is 1. The quantitative estimate of drug-likeness (QED) is 0.322. The Kier molecular flexibility index (Phi) is 9.87. The fourth-order valence-electron chi connectivity index (χ4n) is 3.82. The fraction of sp³-hybridized carbons (Fsp3) is 0.417. The highest BCUT2D eigenvalue weighted by atomic mass is 32.2. The van der Waals surface area contributed by atoms with Crippen LogP contribution >= 0.6 is 0 Å². The molecule has 3 N–H and O–H groups in total. The maximum Gasteiger partial charge on any atom is 0.249 e. The number of hydrazine groups is 1. The molecule has 0 saturated heterocycles. The number of nitrogens with one attached hydrogen (secondary N) is 2. The van der Waals surface area contributed by atoms with E-state index in [0.29, 0.717) is 25.7 Å². The van der Waals surface area contributed by atoms with Crippen molar-refractivity contribution in [2.24, 2.45) is 17.8 Å². The number of rotatable bonds is 12. The Morgan fingerprint density at radius 2 is 1.52 bits per heavy atom. The van der Waals surface area contributed by atoms with Crippen LogP contribution < -0.4 is 15.3 Å². The maximum atomic E-state index is 13.3. The summed E-state index contributed by atoms with van der Waals surface area (Å²) in [4.78, 5) is 25.9. The zero-order chi connectivity index (χ0) is 24.4. The molecule has 2 aromatic carbocycles. The van der Waals surface area contributed by atoms with Crippen molar-refractivity contribution in [2.45, 2.75) is 39.5 Å². The zero-order valence-electron chi connectivity index (χ0n) is 19.3. The number of hydroxylamine groups is 1. The molecule has 2 amide bonds. The number of para-hydroxylation sites is 1. The van der Waals surface area contributed by atoms with Gasteiger partial charge in [0, 0.05) is 0 Å². The number of benzene rings is 2. The van der Waals surface area contributed by atoms with E-state index >= 15 is 0 Å². The maximum absolute atomic E-state index is 13.3. The molecule has 0 aliphatic carbocycles. The molecule has 0 aliphatic rings. The van der Waals surface area contributed by atoms with Gasteiger partial charge in [0.15, 0.2) is 0 Å². The molecule has 0 unspecified atom stereocenters. The van der Waals surface area contributed by atoms with Crippen molar-refractivity contribution < 1.29 is 23.2 Å². The molecule has 0 fully saturated rings. The molecule has 0 radical (unpaired) electrons. The van der Waals surface area contributed by atoms with Gasteiger partial charge in [-0.05, 0) is 49.3 Å². The average Bonchev–Trinajstić information content (AvgIpc) is 2.78. The first kappa shape index (κ1) is 26.3. The molecule has 180 valence electrons. The minimum Gasteiger partial charge on any atom is -0.289 e. The summed E-state index contributed by atoms with van der Waals surface area (Å²) in [7, 11) is -3.83. The number of hydrogen-bond donors (Lipinski definition) is 3. The Labute approximate surface area is 196 Å². The van der Waals surface area contributed by atoms with Crippen molar-refractivity contribution in [3.05, 3.63) is 66.2 Å². The monoisotopic (exact) mass is 475 g/mol. The average molecular weight is 476 g/mol. The Morgan fingerprint density at radius 1 is 0.939 bits per heavy atom. The number of hydrogen-bond acceptors (Lipinski definition) is 5. The van der Waals surface area contributed by atoms with Crippen LogP contribution in [0.2, 0.25) is 0 Å². The van der Waals surface area contributed by atoms with Crippen LogP contribution in [0, 0.1) is 17.8 Å². The first-order chi connectivity index (χ1) is 15.6. The minimum atomic E-state index is -3.83. The third kappa shape index (κ3) is 8.18. The summed E-state index contributed by atoms with van der Waals surface area (Å²) in [6.45, 7) is 3.84. The molecule has 33 heavy (non-hydrogen) atoms. The molecule has 0 spiro atoms. The van der Waals surface area contributed by atoms with Gasteiger partial charge in [0.2, 0.25) is 21.8 Å². The number of carbonyl (C=O) groups excluding carboxylic acids is 2. The van der Waals surface area contributed by atoms with Gasteiger partial charge in [0.05, 0.1) is 23.8 Å². The van der Waals surface area contributed by atoms with Crippen molar-refractivity contribution in [1.82, 2.24) is 10.9 Å². The second kappa shape index (κ2) is 12.4. The van der Waals surface area contributed by atoms with Gasteiger partial charge in [-0.1, -0.05) is 62.4 Å². The summed E-state index contributed by atoms with van der Waals surface area (Å²) >= 11 is 0. The molecular formula is C24H33N3O5S. The van der Waals surface area contributed by atoms with E-state index < -0.39 is 33.7 Å². The van der Waals surface area contributed by atoms with Crippen LogP contribution in [-0.4, -0.2) is 31.7 Å². The standard InChI is InChI=1S/C24H33N3O5S/c1-18(2)17-22(21(24(29)26-30)16-10-13-19-11-6-4-7-12-19)23(28)25-27(33(3,31)32)20-14-8-5-9-15-20/h4-9,11-12,14-15,18,21-22,30H,10,13,16-17H2,1-3H3,(H,25,28)(H,26,29)/t21-,22+/m0/s1. The summed E-state index contributed by atoms with van der Waals surface area (Å²) in [5, 5.41) is 9.34. The molecule has 0 bridgehead atoms. The number of aryl methyl sites for hydroxylation is 1. The van der Waals surface area contributed by atoms with Crippen molar-refractivity contribution in [2.75, 3.05) is 10.7 Å². The second-order valence-electron chi connectivity index (χ2n) is 8.54. The fourth-order valence-corrected chi connectivity index (χ4v) is 4.58. The molecule has 2 aromatic rings. The second-order valence-corrected chi connectivity index (χ2v) is 10.4. The largest absolute Gasteiger partial charge is 0.289 e. The predicted molar refractivity (Wildman–Crippen MR) is 128 cm³/mol. The molecule has 8 nitrogen and oxygen atoms in total. The van der Waals surface area contributed by atoms with Crippen LogP contribution in [-0.2, 0) is 26.0 Å². The van der Waals surface area contributed by atoms with Crippen LogP contribution in [0.4, 0.5) is 5.69 Å². The molecule has 2 rings (SSSR count). The topological polar surface area (TPSA) is 116 Å². The SMILES string of the molecule is CC(C)C[C@@H](C(=O)NN(c1ccccc1)S(C)(=O)=O)[C@H](CCCc1ccccc1)C(=O)NO. The Morgan fingerprint density at radius 3 is 2.03 bits per heavy atom. The van der Waals surface area contributed by atoms with E-state index in [1.165, 1.54) is 0 Å². The molecule has 0 aliphatic heterocycles. The summed E-state index contributed by atoms with van der Waals surface area (Å²) in [5.74, 6) is -2.84. The number of carbonyl (C=O) groups is 2. The number of nitrogens with zero attached hydrogens (tertiary/aromatic N) is 1. The highest BCUT2D eigenvalue weighted by molar-refractivity contribution is 7.92.